The maximum Gasteiger partial charge on any atom is 0.0789 e. The maximum atomic E-state index is 11.0. The van der Waals surface area contributed by atoms with Gasteiger partial charge in [-0.05, 0) is 43.9 Å². The molecule has 3 rings (SSSR count). The fourth-order valence-electron chi connectivity index (χ4n) is 3.78. The van der Waals surface area contributed by atoms with Gasteiger partial charge in [0.05, 0.1) is 18.3 Å². The van der Waals surface area contributed by atoms with E-state index in [1.54, 1.807) is 0 Å². The minimum atomic E-state index is -0.597. The molecule has 1 atom stereocenters. The van der Waals surface area contributed by atoms with Gasteiger partial charge in [0.1, 0.15) is 0 Å². The lowest BCUT2D eigenvalue weighted by Gasteiger charge is -2.38. The second-order valence-electron chi connectivity index (χ2n) is 8.28. The highest BCUT2D eigenvalue weighted by molar-refractivity contribution is 5.50. The Morgan fingerprint density at radius 1 is 0.679 bits per heavy atom. The number of aliphatic hydroxyl groups is 1. The molecule has 0 amide bonds. The molecular formula is C26H30O2. The summed E-state index contributed by atoms with van der Waals surface area (Å²) in [5.41, 5.74) is 2.77. The quantitative estimate of drug-likeness (QED) is 0.547. The van der Waals surface area contributed by atoms with E-state index in [4.69, 9.17) is 4.74 Å². The third-order valence-corrected chi connectivity index (χ3v) is 5.05. The van der Waals surface area contributed by atoms with Crippen molar-refractivity contribution in [3.8, 4) is 0 Å². The lowest BCUT2D eigenvalue weighted by Crippen LogP contribution is -2.37. The Hall–Kier alpha value is -2.42. The van der Waals surface area contributed by atoms with Gasteiger partial charge in [0.25, 0.3) is 0 Å². The van der Waals surface area contributed by atoms with Crippen molar-refractivity contribution in [3.05, 3.63) is 108 Å². The molecule has 0 fully saturated rings. The van der Waals surface area contributed by atoms with Crippen LogP contribution in [-0.4, -0.2) is 23.4 Å². The van der Waals surface area contributed by atoms with Gasteiger partial charge in [-0.25, -0.2) is 0 Å². The van der Waals surface area contributed by atoms with Crippen molar-refractivity contribution in [3.63, 3.8) is 0 Å². The van der Waals surface area contributed by atoms with Gasteiger partial charge in [-0.1, -0.05) is 91.0 Å². The smallest absolute Gasteiger partial charge is 0.0789 e. The van der Waals surface area contributed by atoms with Crippen LogP contribution in [0.5, 0.6) is 0 Å². The van der Waals surface area contributed by atoms with Crippen LogP contribution in [0.4, 0.5) is 0 Å². The topological polar surface area (TPSA) is 29.5 Å². The van der Waals surface area contributed by atoms with Gasteiger partial charge in [0.15, 0.2) is 0 Å². The van der Waals surface area contributed by atoms with Crippen LogP contribution < -0.4 is 0 Å². The van der Waals surface area contributed by atoms with Gasteiger partial charge in [0, 0.05) is 5.41 Å². The number of hydrogen-bond acceptors (Lipinski definition) is 2. The fraction of sp³-hybridized carbons (Fsp3) is 0.308. The zero-order valence-electron chi connectivity index (χ0n) is 17.0. The maximum absolute atomic E-state index is 11.0. The highest BCUT2D eigenvalue weighted by Crippen LogP contribution is 2.43. The zero-order chi connectivity index (χ0) is 20.0. The van der Waals surface area contributed by atoms with Crippen LogP contribution in [0.2, 0.25) is 0 Å². The van der Waals surface area contributed by atoms with Gasteiger partial charge in [-0.15, -0.1) is 0 Å². The number of rotatable bonds is 7. The monoisotopic (exact) mass is 374 g/mol. The molecule has 0 aromatic heterocycles. The van der Waals surface area contributed by atoms with E-state index in [0.717, 1.165) is 0 Å². The number of ether oxygens (including phenoxy) is 1. The molecule has 3 aromatic carbocycles. The van der Waals surface area contributed by atoms with Gasteiger partial charge in [-0.2, -0.15) is 0 Å². The molecule has 1 N–H and O–H groups in total. The Morgan fingerprint density at radius 3 is 1.36 bits per heavy atom. The minimum Gasteiger partial charge on any atom is -0.391 e. The van der Waals surface area contributed by atoms with Crippen molar-refractivity contribution < 1.29 is 9.84 Å². The Kier molecular flexibility index (Phi) is 6.33. The molecule has 2 heteroatoms. The molecule has 0 aliphatic carbocycles. The molecule has 3 aromatic rings. The van der Waals surface area contributed by atoms with Crippen LogP contribution >= 0.6 is 0 Å². The molecular weight excluding hydrogens is 344 g/mol. The van der Waals surface area contributed by atoms with Crippen LogP contribution in [0.25, 0.3) is 0 Å². The molecule has 2 nitrogen and oxygen atoms in total. The molecule has 0 aliphatic rings. The molecule has 0 heterocycles. The van der Waals surface area contributed by atoms with E-state index in [2.05, 4.69) is 72.8 Å². The average Bonchev–Trinajstić information content (AvgIpc) is 2.72. The number of benzene rings is 3. The van der Waals surface area contributed by atoms with E-state index >= 15 is 0 Å². The van der Waals surface area contributed by atoms with E-state index in [1.807, 2.05) is 39.0 Å². The van der Waals surface area contributed by atoms with Crippen LogP contribution in [0.1, 0.15) is 43.9 Å². The van der Waals surface area contributed by atoms with Crippen LogP contribution in [0.3, 0.4) is 0 Å². The molecule has 0 radical (unpaired) electrons. The van der Waals surface area contributed by atoms with Crippen molar-refractivity contribution in [1.29, 1.82) is 0 Å². The number of aliphatic hydroxyl groups excluding tert-OH is 1. The standard InChI is InChI=1S/C26H30O2/c1-25(2,3)28-20-24(27)19-26(21-13-7-4-8-14-21,22-15-9-5-10-16-22)23-17-11-6-12-18-23/h4-18,24,27H,19-20H2,1-3H3. The first-order valence-corrected chi connectivity index (χ1v) is 9.90. The molecule has 0 saturated heterocycles. The molecule has 0 saturated carbocycles. The summed E-state index contributed by atoms with van der Waals surface area (Å²) in [6, 6.07) is 31.4. The van der Waals surface area contributed by atoms with Crippen molar-refractivity contribution in [1.82, 2.24) is 0 Å². The third kappa shape index (κ3) is 4.70. The van der Waals surface area contributed by atoms with Gasteiger partial charge in [0.2, 0.25) is 0 Å². The predicted molar refractivity (Wildman–Crippen MR) is 116 cm³/mol. The molecule has 1 unspecified atom stereocenters. The van der Waals surface area contributed by atoms with E-state index in [-0.39, 0.29) is 5.60 Å². The Bertz CT molecular complexity index is 739. The average molecular weight is 375 g/mol. The molecule has 146 valence electrons. The van der Waals surface area contributed by atoms with Gasteiger partial charge < -0.3 is 9.84 Å². The summed E-state index contributed by atoms with van der Waals surface area (Å²) in [5.74, 6) is 0. The highest BCUT2D eigenvalue weighted by Gasteiger charge is 2.38. The Labute approximate surface area is 168 Å². The predicted octanol–water partition coefficient (Wildman–Crippen LogP) is 5.59. The molecule has 0 spiro atoms. The van der Waals surface area contributed by atoms with Crippen LogP contribution in [0.15, 0.2) is 91.0 Å². The molecule has 28 heavy (non-hydrogen) atoms. The SMILES string of the molecule is CC(C)(C)OCC(O)CC(c1ccccc1)(c1ccccc1)c1ccccc1. The first-order chi connectivity index (χ1) is 13.4. The Morgan fingerprint density at radius 2 is 1.04 bits per heavy atom. The van der Waals surface area contributed by atoms with Crippen LogP contribution in [0, 0.1) is 0 Å². The molecule has 0 bridgehead atoms. The summed E-state index contributed by atoms with van der Waals surface area (Å²) in [5, 5.41) is 11.0. The summed E-state index contributed by atoms with van der Waals surface area (Å²) >= 11 is 0. The first-order valence-electron chi connectivity index (χ1n) is 9.90. The van der Waals surface area contributed by atoms with E-state index < -0.39 is 11.5 Å². The first kappa shape index (κ1) is 20.3. The van der Waals surface area contributed by atoms with Crippen molar-refractivity contribution in [2.45, 2.75) is 44.3 Å². The van der Waals surface area contributed by atoms with Crippen molar-refractivity contribution >= 4 is 0 Å². The summed E-state index contributed by atoms with van der Waals surface area (Å²) in [4.78, 5) is 0. The largest absolute Gasteiger partial charge is 0.391 e. The number of hydrogen-bond donors (Lipinski definition) is 1. The summed E-state index contributed by atoms with van der Waals surface area (Å²) in [6.07, 6.45) is -0.0546. The lowest BCUT2D eigenvalue weighted by atomic mass is 9.66. The lowest BCUT2D eigenvalue weighted by molar-refractivity contribution is -0.0533. The summed E-state index contributed by atoms with van der Waals surface area (Å²) in [7, 11) is 0. The van der Waals surface area contributed by atoms with Gasteiger partial charge in [-0.3, -0.25) is 0 Å². The second kappa shape index (κ2) is 8.72. The minimum absolute atomic E-state index is 0.282. The van der Waals surface area contributed by atoms with E-state index in [0.29, 0.717) is 13.0 Å². The highest BCUT2D eigenvalue weighted by atomic mass is 16.5. The second-order valence-corrected chi connectivity index (χ2v) is 8.28. The summed E-state index contributed by atoms with van der Waals surface area (Å²) in [6.45, 7) is 6.34. The Balaban J connectivity index is 2.11. The van der Waals surface area contributed by atoms with Crippen molar-refractivity contribution in [2.75, 3.05) is 6.61 Å². The summed E-state index contributed by atoms with van der Waals surface area (Å²) < 4.78 is 5.89. The molecule has 0 aliphatic heterocycles. The normalized spacial score (nSPS) is 13.3. The van der Waals surface area contributed by atoms with E-state index in [9.17, 15) is 5.11 Å². The fourth-order valence-corrected chi connectivity index (χ4v) is 3.78. The van der Waals surface area contributed by atoms with Gasteiger partial charge >= 0.3 is 0 Å². The van der Waals surface area contributed by atoms with E-state index in [1.165, 1.54) is 16.7 Å². The third-order valence-electron chi connectivity index (χ3n) is 5.05. The zero-order valence-corrected chi connectivity index (χ0v) is 17.0. The van der Waals surface area contributed by atoms with Crippen LogP contribution in [-0.2, 0) is 10.2 Å². The van der Waals surface area contributed by atoms with Crippen molar-refractivity contribution in [2.24, 2.45) is 0 Å².